The number of fused-ring (bicyclic) bond motifs is 1. The SMILES string of the molecule is Cc1cc(N(C)S(=O)(=O)c2cccs2)c2[nH]c(C(N)=O)cc2c1. The highest BCUT2D eigenvalue weighted by molar-refractivity contribution is 7.94. The van der Waals surface area contributed by atoms with Gasteiger partial charge in [-0.15, -0.1) is 11.3 Å². The van der Waals surface area contributed by atoms with E-state index in [1.807, 2.05) is 13.0 Å². The van der Waals surface area contributed by atoms with E-state index in [1.165, 1.54) is 11.4 Å². The predicted molar refractivity (Wildman–Crippen MR) is 91.5 cm³/mol. The number of primary amides is 1. The van der Waals surface area contributed by atoms with E-state index in [2.05, 4.69) is 4.98 Å². The third kappa shape index (κ3) is 2.60. The van der Waals surface area contributed by atoms with Gasteiger partial charge >= 0.3 is 0 Å². The molecule has 1 aromatic carbocycles. The first-order chi connectivity index (χ1) is 10.8. The molecule has 3 rings (SSSR count). The van der Waals surface area contributed by atoms with Crippen LogP contribution >= 0.6 is 11.3 Å². The number of thiophene rings is 1. The summed E-state index contributed by atoms with van der Waals surface area (Å²) in [5.41, 5.74) is 7.47. The van der Waals surface area contributed by atoms with Gasteiger partial charge in [0, 0.05) is 12.4 Å². The minimum absolute atomic E-state index is 0.244. The second-order valence-electron chi connectivity index (χ2n) is 5.20. The molecule has 0 unspecified atom stereocenters. The average molecular weight is 349 g/mol. The largest absolute Gasteiger partial charge is 0.364 e. The molecule has 6 nitrogen and oxygen atoms in total. The van der Waals surface area contributed by atoms with E-state index in [4.69, 9.17) is 5.73 Å². The maximum absolute atomic E-state index is 12.7. The summed E-state index contributed by atoms with van der Waals surface area (Å²) in [6, 6.07) is 8.51. The number of aromatic nitrogens is 1. The summed E-state index contributed by atoms with van der Waals surface area (Å²) in [6.07, 6.45) is 0. The number of hydrogen-bond donors (Lipinski definition) is 2. The molecular formula is C15H15N3O3S2. The molecule has 0 fully saturated rings. The fraction of sp³-hybridized carbons (Fsp3) is 0.133. The standard InChI is InChI=1S/C15H15N3O3S2/c1-9-6-10-8-11(15(16)19)17-14(10)12(7-9)18(2)23(20,21)13-4-3-5-22-13/h3-8,17H,1-2H3,(H2,16,19). The van der Waals surface area contributed by atoms with Crippen LogP contribution in [0.3, 0.4) is 0 Å². The Morgan fingerprint density at radius 2 is 2.04 bits per heavy atom. The summed E-state index contributed by atoms with van der Waals surface area (Å²) < 4.78 is 26.9. The molecule has 0 spiro atoms. The highest BCUT2D eigenvalue weighted by Gasteiger charge is 2.24. The summed E-state index contributed by atoms with van der Waals surface area (Å²) in [5, 5.41) is 2.45. The van der Waals surface area contributed by atoms with Gasteiger partial charge in [-0.25, -0.2) is 8.42 Å². The number of nitrogens with zero attached hydrogens (tertiary/aromatic N) is 1. The Hall–Kier alpha value is -2.32. The molecule has 120 valence electrons. The molecule has 0 saturated heterocycles. The molecule has 0 aliphatic rings. The van der Waals surface area contributed by atoms with E-state index in [0.717, 1.165) is 22.3 Å². The van der Waals surface area contributed by atoms with Gasteiger partial charge in [0.05, 0.1) is 11.2 Å². The Morgan fingerprint density at radius 1 is 1.30 bits per heavy atom. The van der Waals surface area contributed by atoms with Gasteiger partial charge in [-0.1, -0.05) is 6.07 Å². The Bertz CT molecular complexity index is 989. The van der Waals surface area contributed by atoms with E-state index in [9.17, 15) is 13.2 Å². The van der Waals surface area contributed by atoms with Crippen LogP contribution in [0.15, 0.2) is 39.9 Å². The summed E-state index contributed by atoms with van der Waals surface area (Å²) in [7, 11) is -2.16. The van der Waals surface area contributed by atoms with Crippen LogP contribution in [0.25, 0.3) is 10.9 Å². The van der Waals surface area contributed by atoms with Crippen LogP contribution in [-0.4, -0.2) is 26.4 Å². The molecule has 3 aromatic rings. The topological polar surface area (TPSA) is 96.3 Å². The van der Waals surface area contributed by atoms with Crippen molar-refractivity contribution >= 4 is 43.9 Å². The van der Waals surface area contributed by atoms with Gasteiger partial charge in [-0.05, 0) is 42.1 Å². The van der Waals surface area contributed by atoms with Crippen LogP contribution in [-0.2, 0) is 10.0 Å². The minimum atomic E-state index is -3.65. The molecule has 0 aliphatic heterocycles. The van der Waals surface area contributed by atoms with Crippen molar-refractivity contribution < 1.29 is 13.2 Å². The van der Waals surface area contributed by atoms with Crippen LogP contribution in [0, 0.1) is 6.92 Å². The molecular weight excluding hydrogens is 334 g/mol. The van der Waals surface area contributed by atoms with Crippen molar-refractivity contribution in [3.05, 3.63) is 47.0 Å². The highest BCUT2D eigenvalue weighted by atomic mass is 32.2. The number of carbonyl (C=O) groups is 1. The number of sulfonamides is 1. The molecule has 3 N–H and O–H groups in total. The first kappa shape index (κ1) is 15.6. The zero-order chi connectivity index (χ0) is 16.8. The van der Waals surface area contributed by atoms with E-state index < -0.39 is 15.9 Å². The highest BCUT2D eigenvalue weighted by Crippen LogP contribution is 2.32. The first-order valence-electron chi connectivity index (χ1n) is 6.76. The number of hydrogen-bond acceptors (Lipinski definition) is 4. The van der Waals surface area contributed by atoms with Crippen LogP contribution < -0.4 is 10.0 Å². The fourth-order valence-electron chi connectivity index (χ4n) is 2.43. The van der Waals surface area contributed by atoms with Crippen molar-refractivity contribution in [2.24, 2.45) is 5.73 Å². The molecule has 0 bridgehead atoms. The summed E-state index contributed by atoms with van der Waals surface area (Å²) in [6.45, 7) is 1.87. The molecule has 23 heavy (non-hydrogen) atoms. The molecule has 0 saturated carbocycles. The summed E-state index contributed by atoms with van der Waals surface area (Å²) >= 11 is 1.16. The zero-order valence-corrected chi connectivity index (χ0v) is 14.2. The first-order valence-corrected chi connectivity index (χ1v) is 9.08. The Kier molecular flexibility index (Phi) is 3.65. The van der Waals surface area contributed by atoms with Crippen molar-refractivity contribution in [1.82, 2.24) is 4.98 Å². The van der Waals surface area contributed by atoms with E-state index in [1.54, 1.807) is 29.6 Å². The number of aromatic amines is 1. The van der Waals surface area contributed by atoms with Gasteiger partial charge in [0.1, 0.15) is 9.90 Å². The minimum Gasteiger partial charge on any atom is -0.364 e. The summed E-state index contributed by atoms with van der Waals surface area (Å²) in [5.74, 6) is -0.589. The smallest absolute Gasteiger partial charge is 0.273 e. The van der Waals surface area contributed by atoms with Crippen LogP contribution in [0.2, 0.25) is 0 Å². The number of nitrogens with one attached hydrogen (secondary N) is 1. The van der Waals surface area contributed by atoms with E-state index in [-0.39, 0.29) is 9.90 Å². The normalized spacial score (nSPS) is 11.7. The lowest BCUT2D eigenvalue weighted by atomic mass is 10.1. The third-order valence-electron chi connectivity index (χ3n) is 3.57. The Balaban J connectivity index is 2.21. The Labute approximate surface area is 137 Å². The predicted octanol–water partition coefficient (Wildman–Crippen LogP) is 2.46. The molecule has 8 heteroatoms. The van der Waals surface area contributed by atoms with Crippen LogP contribution in [0.4, 0.5) is 5.69 Å². The van der Waals surface area contributed by atoms with Crippen molar-refractivity contribution in [3.8, 4) is 0 Å². The average Bonchev–Trinajstić information content (AvgIpc) is 3.14. The fourth-order valence-corrected chi connectivity index (χ4v) is 4.79. The number of carbonyl (C=O) groups excluding carboxylic acids is 1. The molecule has 0 radical (unpaired) electrons. The van der Waals surface area contributed by atoms with Crippen molar-refractivity contribution in [1.29, 1.82) is 0 Å². The molecule has 1 amide bonds. The van der Waals surface area contributed by atoms with Gasteiger partial charge < -0.3 is 10.7 Å². The second kappa shape index (κ2) is 5.39. The quantitative estimate of drug-likeness (QED) is 0.757. The van der Waals surface area contributed by atoms with Gasteiger partial charge in [0.2, 0.25) is 0 Å². The van der Waals surface area contributed by atoms with Crippen LogP contribution in [0.5, 0.6) is 0 Å². The third-order valence-corrected chi connectivity index (χ3v) is 6.71. The van der Waals surface area contributed by atoms with E-state index in [0.29, 0.717) is 11.2 Å². The molecule has 2 aromatic heterocycles. The number of amides is 1. The van der Waals surface area contributed by atoms with Gasteiger partial charge in [-0.3, -0.25) is 9.10 Å². The summed E-state index contributed by atoms with van der Waals surface area (Å²) in [4.78, 5) is 14.3. The zero-order valence-electron chi connectivity index (χ0n) is 12.5. The van der Waals surface area contributed by atoms with Gasteiger partial charge in [-0.2, -0.15) is 0 Å². The number of H-pyrrole nitrogens is 1. The van der Waals surface area contributed by atoms with Crippen LogP contribution in [0.1, 0.15) is 16.1 Å². The number of benzene rings is 1. The second-order valence-corrected chi connectivity index (χ2v) is 8.34. The van der Waals surface area contributed by atoms with Crippen molar-refractivity contribution in [3.63, 3.8) is 0 Å². The number of nitrogens with two attached hydrogens (primary N) is 1. The van der Waals surface area contributed by atoms with Gasteiger partial charge in [0.25, 0.3) is 15.9 Å². The van der Waals surface area contributed by atoms with Gasteiger partial charge in [0.15, 0.2) is 0 Å². The maximum atomic E-state index is 12.7. The number of anilines is 1. The Morgan fingerprint density at radius 3 is 2.65 bits per heavy atom. The maximum Gasteiger partial charge on any atom is 0.273 e. The molecule has 0 aliphatic carbocycles. The molecule has 2 heterocycles. The number of rotatable bonds is 4. The molecule has 0 atom stereocenters. The lowest BCUT2D eigenvalue weighted by Gasteiger charge is -2.20. The lowest BCUT2D eigenvalue weighted by molar-refractivity contribution is 0.0996. The van der Waals surface area contributed by atoms with Crippen molar-refractivity contribution in [2.75, 3.05) is 11.4 Å². The van der Waals surface area contributed by atoms with E-state index >= 15 is 0 Å². The lowest BCUT2D eigenvalue weighted by Crippen LogP contribution is -2.26. The number of aryl methyl sites for hydroxylation is 1. The monoisotopic (exact) mass is 349 g/mol. The van der Waals surface area contributed by atoms with Crippen molar-refractivity contribution in [2.45, 2.75) is 11.1 Å².